The third-order valence-corrected chi connectivity index (χ3v) is 12.4. The van der Waals surface area contributed by atoms with Gasteiger partial charge in [-0.05, 0) is 111 Å². The van der Waals surface area contributed by atoms with Gasteiger partial charge in [0.15, 0.2) is 34.3 Å². The number of fused-ring (bicyclic) bond motifs is 2. The molecule has 2 fully saturated rings. The second-order valence-corrected chi connectivity index (χ2v) is 17.3. The van der Waals surface area contributed by atoms with Crippen molar-refractivity contribution in [3.63, 3.8) is 0 Å². The molecular weight excluding hydrogens is 723 g/mol. The number of hydrogen-bond donors (Lipinski definition) is 2. The van der Waals surface area contributed by atoms with Crippen molar-refractivity contribution in [2.24, 2.45) is 11.8 Å². The highest BCUT2D eigenvalue weighted by molar-refractivity contribution is 6.19. The van der Waals surface area contributed by atoms with Gasteiger partial charge in [-0.1, -0.05) is 41.5 Å². The summed E-state index contributed by atoms with van der Waals surface area (Å²) < 4.78 is 31.8. The Morgan fingerprint density at radius 3 is 2.37 bits per heavy atom. The number of phenolic OH excluding ortho intramolecular Hbond substituents is 1. The maximum Gasteiger partial charge on any atom is 0.246 e. The van der Waals surface area contributed by atoms with Crippen molar-refractivity contribution in [3.05, 3.63) is 93.1 Å². The Morgan fingerprint density at radius 1 is 0.965 bits per heavy atom. The van der Waals surface area contributed by atoms with E-state index in [4.69, 9.17) is 23.7 Å². The second-order valence-electron chi connectivity index (χ2n) is 17.3. The van der Waals surface area contributed by atoms with E-state index in [9.17, 15) is 14.7 Å². The third kappa shape index (κ3) is 6.40. The fraction of sp³-hybridized carbons (Fsp3) is 0.468. The van der Waals surface area contributed by atoms with Gasteiger partial charge in [-0.2, -0.15) is 0 Å². The first-order valence-electron chi connectivity index (χ1n) is 19.8. The summed E-state index contributed by atoms with van der Waals surface area (Å²) in [7, 11) is 3.12. The molecule has 1 saturated heterocycles. The van der Waals surface area contributed by atoms with Gasteiger partial charge in [0.05, 0.1) is 25.4 Å². The molecule has 0 radical (unpaired) electrons. The molecule has 1 spiro atoms. The van der Waals surface area contributed by atoms with E-state index < -0.39 is 28.3 Å². The van der Waals surface area contributed by atoms with E-state index in [1.54, 1.807) is 45.4 Å². The molecule has 302 valence electrons. The fourth-order valence-electron chi connectivity index (χ4n) is 9.49. The molecule has 3 heterocycles. The van der Waals surface area contributed by atoms with Gasteiger partial charge >= 0.3 is 0 Å². The molecule has 8 rings (SSSR count). The van der Waals surface area contributed by atoms with E-state index >= 15 is 4.79 Å². The van der Waals surface area contributed by atoms with Crippen LogP contribution in [-0.2, 0) is 27.3 Å². The normalized spacial score (nSPS) is 27.3. The summed E-state index contributed by atoms with van der Waals surface area (Å²) in [6, 6.07) is 5.43. The number of Topliss-reactive ketones (excluding diaryl/α,β-unsaturated/α-hetero) is 2. The lowest BCUT2D eigenvalue weighted by molar-refractivity contribution is -0.171. The van der Waals surface area contributed by atoms with E-state index in [1.807, 2.05) is 58.9 Å². The highest BCUT2D eigenvalue weighted by atomic mass is 16.6. The Labute approximate surface area is 335 Å². The van der Waals surface area contributed by atoms with Crippen molar-refractivity contribution in [2.45, 2.75) is 116 Å². The molecule has 5 unspecified atom stereocenters. The molecular formula is C47H55NO9. The van der Waals surface area contributed by atoms with Gasteiger partial charge in [-0.3, -0.25) is 14.4 Å². The number of benzene rings is 2. The van der Waals surface area contributed by atoms with Crippen molar-refractivity contribution in [3.8, 4) is 28.7 Å². The average molecular weight is 778 g/mol. The SMILES string of the molecule is COc1ccc(CNC(=O)C(C)=CCC23OC(C)(C)C4CC(C=C5C(=O)c6c(O)c7c(c(CC=C(C)C)c6OC542)OC(C)(CCC=C(C)C)C=C7)C3=O)cc1OC. The van der Waals surface area contributed by atoms with E-state index in [-0.39, 0.29) is 53.4 Å². The molecule has 1 amide bonds. The van der Waals surface area contributed by atoms with Crippen LogP contribution in [0.1, 0.15) is 108 Å². The zero-order valence-electron chi connectivity index (χ0n) is 34.8. The van der Waals surface area contributed by atoms with Crippen LogP contribution in [0.15, 0.2) is 70.9 Å². The lowest BCUT2D eigenvalue weighted by Crippen LogP contribution is -2.72. The number of aromatic hydroxyl groups is 1. The number of rotatable bonds is 12. The number of amides is 1. The standard InChI is InChI=1S/C47H55NO9/c1-26(2)12-11-19-45(8)20-18-31-38(49)37-39(50)33-23-30-24-36-44(6,7)57-46(42(30)51,47(33,36)56-41(37)32(40(31)55-45)15-13-27(3)4)21-17-28(5)43(52)48-25-29-14-16-34(53-9)35(22-29)54-10/h12-14,16-18,20,22-23,30,36,49H,11,15,19,21,24-25H2,1-10H3,(H,48,52). The Kier molecular flexibility index (Phi) is 10.1. The maximum absolute atomic E-state index is 15.0. The van der Waals surface area contributed by atoms with Crippen LogP contribution in [0.25, 0.3) is 6.08 Å². The van der Waals surface area contributed by atoms with Crippen molar-refractivity contribution < 1.29 is 43.2 Å². The van der Waals surface area contributed by atoms with Crippen LogP contribution in [-0.4, -0.2) is 59.2 Å². The number of allylic oxidation sites excluding steroid dienone is 5. The molecule has 57 heavy (non-hydrogen) atoms. The molecule has 2 aromatic rings. The minimum Gasteiger partial charge on any atom is -0.506 e. The highest BCUT2D eigenvalue weighted by Crippen LogP contribution is 2.68. The topological polar surface area (TPSA) is 130 Å². The zero-order chi connectivity index (χ0) is 41.2. The molecule has 6 aliphatic rings. The molecule has 0 aromatic heterocycles. The zero-order valence-corrected chi connectivity index (χ0v) is 34.8. The van der Waals surface area contributed by atoms with Gasteiger partial charge in [0, 0.05) is 41.5 Å². The summed E-state index contributed by atoms with van der Waals surface area (Å²) in [6.07, 6.45) is 13.8. The largest absolute Gasteiger partial charge is 0.506 e. The number of ketones is 2. The monoisotopic (exact) mass is 777 g/mol. The van der Waals surface area contributed by atoms with Crippen molar-refractivity contribution in [2.75, 3.05) is 14.2 Å². The fourth-order valence-corrected chi connectivity index (χ4v) is 9.49. The average Bonchev–Trinajstić information content (AvgIpc) is 3.32. The first kappa shape index (κ1) is 40.1. The second kappa shape index (κ2) is 14.4. The molecule has 2 aromatic carbocycles. The minimum atomic E-state index is -1.62. The first-order valence-corrected chi connectivity index (χ1v) is 19.8. The van der Waals surface area contributed by atoms with E-state index in [0.717, 1.165) is 17.6 Å². The molecule has 1 saturated carbocycles. The van der Waals surface area contributed by atoms with Gasteiger partial charge < -0.3 is 34.1 Å². The number of hydrogen-bond acceptors (Lipinski definition) is 9. The molecule has 3 aliphatic heterocycles. The lowest BCUT2D eigenvalue weighted by Gasteiger charge is -2.56. The molecule has 4 bridgehead atoms. The van der Waals surface area contributed by atoms with Gasteiger partial charge in [-0.15, -0.1) is 0 Å². The molecule has 2 N–H and O–H groups in total. The van der Waals surface area contributed by atoms with Gasteiger partial charge in [-0.25, -0.2) is 0 Å². The number of phenols is 1. The van der Waals surface area contributed by atoms with Crippen molar-refractivity contribution in [1.29, 1.82) is 0 Å². The summed E-state index contributed by atoms with van der Waals surface area (Å²) >= 11 is 0. The number of ether oxygens (including phenoxy) is 5. The predicted molar refractivity (Wildman–Crippen MR) is 218 cm³/mol. The first-order chi connectivity index (χ1) is 26.9. The number of methoxy groups -OCH3 is 2. The van der Waals surface area contributed by atoms with Crippen LogP contribution >= 0.6 is 0 Å². The summed E-state index contributed by atoms with van der Waals surface area (Å²) in [4.78, 5) is 43.3. The smallest absolute Gasteiger partial charge is 0.246 e. The molecule has 10 nitrogen and oxygen atoms in total. The lowest BCUT2D eigenvalue weighted by atomic mass is 9.51. The van der Waals surface area contributed by atoms with Crippen LogP contribution in [0.2, 0.25) is 0 Å². The number of carbonyl (C=O) groups is 3. The van der Waals surface area contributed by atoms with Crippen LogP contribution in [0.4, 0.5) is 0 Å². The third-order valence-electron chi connectivity index (χ3n) is 12.4. The van der Waals surface area contributed by atoms with Crippen LogP contribution in [0.3, 0.4) is 0 Å². The summed E-state index contributed by atoms with van der Waals surface area (Å²) in [6.45, 7) is 16.0. The van der Waals surface area contributed by atoms with Gasteiger partial charge in [0.1, 0.15) is 28.4 Å². The predicted octanol–water partition coefficient (Wildman–Crippen LogP) is 8.49. The van der Waals surface area contributed by atoms with Crippen molar-refractivity contribution in [1.82, 2.24) is 5.32 Å². The Hall–Kier alpha value is -5.09. The molecule has 3 aliphatic carbocycles. The van der Waals surface area contributed by atoms with Crippen LogP contribution in [0, 0.1) is 11.8 Å². The highest BCUT2D eigenvalue weighted by Gasteiger charge is 2.81. The molecule has 10 heteroatoms. The quantitative estimate of drug-likeness (QED) is 0.161. The summed E-state index contributed by atoms with van der Waals surface area (Å²) in [5, 5.41) is 14.9. The Balaban J connectivity index is 1.30. The van der Waals surface area contributed by atoms with Crippen LogP contribution in [0.5, 0.6) is 28.7 Å². The number of nitrogens with one attached hydrogen (secondary N) is 1. The summed E-state index contributed by atoms with van der Waals surface area (Å²) in [5.41, 5.74) is 0.235. The van der Waals surface area contributed by atoms with E-state index in [0.29, 0.717) is 58.8 Å². The number of carbonyl (C=O) groups excluding carboxylic acids is 3. The summed E-state index contributed by atoms with van der Waals surface area (Å²) in [5.74, 6) is -0.263. The van der Waals surface area contributed by atoms with Gasteiger partial charge in [0.25, 0.3) is 0 Å². The minimum absolute atomic E-state index is 0.000270. The van der Waals surface area contributed by atoms with Gasteiger partial charge in [0.2, 0.25) is 5.91 Å². The maximum atomic E-state index is 15.0. The van der Waals surface area contributed by atoms with E-state index in [2.05, 4.69) is 25.2 Å². The Bertz CT molecular complexity index is 2210. The Morgan fingerprint density at radius 2 is 1.68 bits per heavy atom. The van der Waals surface area contributed by atoms with E-state index in [1.165, 1.54) is 5.57 Å². The van der Waals surface area contributed by atoms with Crippen molar-refractivity contribution >= 4 is 23.5 Å². The molecule has 5 atom stereocenters. The van der Waals surface area contributed by atoms with Crippen LogP contribution < -0.4 is 24.3 Å².